The molecule has 108 valence electrons. The number of imide groups is 1. The van der Waals surface area contributed by atoms with Crippen LogP contribution >= 0.6 is 0 Å². The highest BCUT2D eigenvalue weighted by molar-refractivity contribution is 5.94. The molecule has 0 saturated carbocycles. The number of hydrogen-bond acceptors (Lipinski definition) is 5. The molecule has 0 radical (unpaired) electrons. The van der Waals surface area contributed by atoms with Gasteiger partial charge in [-0.2, -0.15) is 0 Å². The summed E-state index contributed by atoms with van der Waals surface area (Å²) in [6, 6.07) is 3.71. The van der Waals surface area contributed by atoms with Gasteiger partial charge in [-0.3, -0.25) is 20.2 Å². The van der Waals surface area contributed by atoms with E-state index >= 15 is 0 Å². The molecule has 3 amide bonds. The van der Waals surface area contributed by atoms with E-state index in [9.17, 15) is 19.7 Å². The SMILES string of the molecule is CCNC(=O)NC(=O)COc1cccc([N+](=O)[O-])c1C. The Kier molecular flexibility index (Phi) is 5.45. The van der Waals surface area contributed by atoms with Gasteiger partial charge in [-0.1, -0.05) is 6.07 Å². The molecule has 0 aliphatic rings. The minimum Gasteiger partial charge on any atom is -0.483 e. The van der Waals surface area contributed by atoms with Crippen LogP contribution < -0.4 is 15.4 Å². The lowest BCUT2D eigenvalue weighted by atomic mass is 10.2. The van der Waals surface area contributed by atoms with Crippen molar-refractivity contribution in [1.82, 2.24) is 10.6 Å². The molecule has 1 aromatic rings. The molecule has 8 nitrogen and oxygen atoms in total. The van der Waals surface area contributed by atoms with Gasteiger partial charge in [-0.05, 0) is 19.9 Å². The van der Waals surface area contributed by atoms with Crippen molar-refractivity contribution in [2.24, 2.45) is 0 Å². The second-order valence-corrected chi connectivity index (χ2v) is 3.85. The number of nitrogens with zero attached hydrogens (tertiary/aromatic N) is 1. The van der Waals surface area contributed by atoms with Gasteiger partial charge in [0.05, 0.1) is 10.5 Å². The molecule has 0 bridgehead atoms. The second kappa shape index (κ2) is 7.07. The van der Waals surface area contributed by atoms with E-state index in [0.717, 1.165) is 0 Å². The summed E-state index contributed by atoms with van der Waals surface area (Å²) in [6.45, 7) is 3.23. The van der Waals surface area contributed by atoms with Crippen molar-refractivity contribution in [2.75, 3.05) is 13.2 Å². The van der Waals surface area contributed by atoms with Crippen molar-refractivity contribution in [2.45, 2.75) is 13.8 Å². The van der Waals surface area contributed by atoms with E-state index in [2.05, 4.69) is 10.6 Å². The predicted molar refractivity (Wildman–Crippen MR) is 70.5 cm³/mol. The monoisotopic (exact) mass is 281 g/mol. The molecule has 0 saturated heterocycles. The molecule has 0 aromatic heterocycles. The second-order valence-electron chi connectivity index (χ2n) is 3.85. The highest BCUT2D eigenvalue weighted by Gasteiger charge is 2.15. The maximum Gasteiger partial charge on any atom is 0.321 e. The molecule has 0 atom stereocenters. The van der Waals surface area contributed by atoms with Gasteiger partial charge in [0.1, 0.15) is 5.75 Å². The van der Waals surface area contributed by atoms with Gasteiger partial charge in [0.2, 0.25) is 0 Å². The first-order valence-corrected chi connectivity index (χ1v) is 5.90. The number of carbonyl (C=O) groups is 2. The number of carbonyl (C=O) groups excluding carboxylic acids is 2. The normalized spacial score (nSPS) is 9.70. The first-order chi connectivity index (χ1) is 9.45. The van der Waals surface area contributed by atoms with Crippen LogP contribution in [-0.4, -0.2) is 30.0 Å². The number of benzene rings is 1. The molecular formula is C12H15N3O5. The average molecular weight is 281 g/mol. The van der Waals surface area contributed by atoms with E-state index in [-0.39, 0.29) is 11.4 Å². The maximum absolute atomic E-state index is 11.4. The zero-order chi connectivity index (χ0) is 15.1. The maximum atomic E-state index is 11.4. The molecule has 8 heteroatoms. The molecule has 20 heavy (non-hydrogen) atoms. The lowest BCUT2D eigenvalue weighted by molar-refractivity contribution is -0.385. The van der Waals surface area contributed by atoms with Crippen molar-refractivity contribution in [3.8, 4) is 5.75 Å². The van der Waals surface area contributed by atoms with Crippen LogP contribution in [0, 0.1) is 17.0 Å². The third-order valence-electron chi connectivity index (χ3n) is 2.40. The first kappa shape index (κ1) is 15.4. The third-order valence-corrected chi connectivity index (χ3v) is 2.40. The molecule has 0 spiro atoms. The van der Waals surface area contributed by atoms with E-state index in [1.807, 2.05) is 0 Å². The Labute approximate surface area is 115 Å². The largest absolute Gasteiger partial charge is 0.483 e. The summed E-state index contributed by atoms with van der Waals surface area (Å²) in [5, 5.41) is 15.2. The Morgan fingerprint density at radius 1 is 1.40 bits per heavy atom. The Bertz CT molecular complexity index is 530. The van der Waals surface area contributed by atoms with Crippen LogP contribution in [0.3, 0.4) is 0 Å². The number of nitrogens with one attached hydrogen (secondary N) is 2. The van der Waals surface area contributed by atoms with Crippen LogP contribution in [-0.2, 0) is 4.79 Å². The zero-order valence-electron chi connectivity index (χ0n) is 11.1. The molecule has 1 rings (SSSR count). The van der Waals surface area contributed by atoms with Crippen LogP contribution in [0.25, 0.3) is 0 Å². The summed E-state index contributed by atoms with van der Waals surface area (Å²) in [6.07, 6.45) is 0. The van der Waals surface area contributed by atoms with E-state index in [1.54, 1.807) is 6.92 Å². The summed E-state index contributed by atoms with van der Waals surface area (Å²) < 4.78 is 5.17. The molecule has 0 fully saturated rings. The van der Waals surface area contributed by atoms with Crippen LogP contribution in [0.2, 0.25) is 0 Å². The summed E-state index contributed by atoms with van der Waals surface area (Å²) in [7, 11) is 0. The fraction of sp³-hybridized carbons (Fsp3) is 0.333. The fourth-order valence-corrected chi connectivity index (χ4v) is 1.47. The number of hydrogen-bond donors (Lipinski definition) is 2. The first-order valence-electron chi connectivity index (χ1n) is 5.90. The number of ether oxygens (including phenoxy) is 1. The number of nitro groups is 1. The summed E-state index contributed by atoms with van der Waals surface area (Å²) in [5.41, 5.74) is 0.231. The zero-order valence-corrected chi connectivity index (χ0v) is 11.1. The minimum atomic E-state index is -0.637. The number of rotatable bonds is 5. The summed E-state index contributed by atoms with van der Waals surface area (Å²) >= 11 is 0. The lowest BCUT2D eigenvalue weighted by Gasteiger charge is -2.09. The van der Waals surface area contributed by atoms with Crippen molar-refractivity contribution in [3.05, 3.63) is 33.9 Å². The summed E-state index contributed by atoms with van der Waals surface area (Å²) in [4.78, 5) is 32.7. The van der Waals surface area contributed by atoms with Crippen LogP contribution in [0.15, 0.2) is 18.2 Å². The van der Waals surface area contributed by atoms with Gasteiger partial charge < -0.3 is 10.1 Å². The topological polar surface area (TPSA) is 111 Å². The van der Waals surface area contributed by atoms with Crippen molar-refractivity contribution in [1.29, 1.82) is 0 Å². The van der Waals surface area contributed by atoms with Gasteiger partial charge in [-0.15, -0.1) is 0 Å². The predicted octanol–water partition coefficient (Wildman–Crippen LogP) is 1.13. The van der Waals surface area contributed by atoms with Crippen molar-refractivity contribution in [3.63, 3.8) is 0 Å². The molecule has 0 heterocycles. The van der Waals surface area contributed by atoms with E-state index < -0.39 is 23.5 Å². The van der Waals surface area contributed by atoms with E-state index in [1.165, 1.54) is 25.1 Å². The highest BCUT2D eigenvalue weighted by atomic mass is 16.6. The number of amides is 3. The van der Waals surface area contributed by atoms with Crippen LogP contribution in [0.5, 0.6) is 5.75 Å². The lowest BCUT2D eigenvalue weighted by Crippen LogP contribution is -2.41. The summed E-state index contributed by atoms with van der Waals surface area (Å²) in [5.74, 6) is -0.410. The molecule has 2 N–H and O–H groups in total. The van der Waals surface area contributed by atoms with Gasteiger partial charge in [-0.25, -0.2) is 4.79 Å². The quantitative estimate of drug-likeness (QED) is 0.620. The van der Waals surface area contributed by atoms with Gasteiger partial charge >= 0.3 is 6.03 Å². The van der Waals surface area contributed by atoms with E-state index in [4.69, 9.17) is 4.74 Å². The van der Waals surface area contributed by atoms with Gasteiger partial charge in [0.25, 0.3) is 11.6 Å². The minimum absolute atomic E-state index is 0.0911. The van der Waals surface area contributed by atoms with Crippen molar-refractivity contribution >= 4 is 17.6 Å². The Balaban J connectivity index is 2.62. The third kappa shape index (κ3) is 4.23. The smallest absolute Gasteiger partial charge is 0.321 e. The Hall–Kier alpha value is -2.64. The fourth-order valence-electron chi connectivity index (χ4n) is 1.47. The molecule has 1 aromatic carbocycles. The molecule has 0 aliphatic heterocycles. The number of nitro benzene ring substituents is 1. The van der Waals surface area contributed by atoms with Gasteiger partial charge in [0.15, 0.2) is 6.61 Å². The van der Waals surface area contributed by atoms with Crippen LogP contribution in [0.1, 0.15) is 12.5 Å². The number of urea groups is 1. The Morgan fingerprint density at radius 2 is 2.10 bits per heavy atom. The Morgan fingerprint density at radius 3 is 2.70 bits per heavy atom. The molecule has 0 unspecified atom stereocenters. The highest BCUT2D eigenvalue weighted by Crippen LogP contribution is 2.26. The van der Waals surface area contributed by atoms with Crippen molar-refractivity contribution < 1.29 is 19.2 Å². The average Bonchev–Trinajstić information content (AvgIpc) is 2.37. The standard InChI is InChI=1S/C12H15N3O5/c1-3-13-12(17)14-11(16)7-20-10-6-4-5-9(8(10)2)15(18)19/h4-6H,3,7H2,1-2H3,(H2,13,14,16,17). The van der Waals surface area contributed by atoms with Gasteiger partial charge in [0, 0.05) is 12.6 Å². The van der Waals surface area contributed by atoms with E-state index in [0.29, 0.717) is 12.1 Å². The molecular weight excluding hydrogens is 266 g/mol. The van der Waals surface area contributed by atoms with Crippen LogP contribution in [0.4, 0.5) is 10.5 Å². The molecule has 0 aliphatic carbocycles.